The summed E-state index contributed by atoms with van der Waals surface area (Å²) in [6, 6.07) is 8.72. The number of nitriles is 1. The monoisotopic (exact) mass is 403 g/mol. The second-order valence-electron chi connectivity index (χ2n) is 6.18. The first-order valence-corrected chi connectivity index (χ1v) is 9.48. The number of benzene rings is 1. The second kappa shape index (κ2) is 10.6. The van der Waals surface area contributed by atoms with Gasteiger partial charge in [-0.2, -0.15) is 5.26 Å². The summed E-state index contributed by atoms with van der Waals surface area (Å²) < 4.78 is 15.6. The third kappa shape index (κ3) is 5.21. The molecule has 0 aliphatic carbocycles. The third-order valence-corrected chi connectivity index (χ3v) is 4.64. The zero-order valence-corrected chi connectivity index (χ0v) is 17.2. The van der Waals surface area contributed by atoms with Crippen molar-refractivity contribution in [1.29, 1.82) is 5.26 Å². The Bertz CT molecular complexity index is 771. The SMILES string of the molecule is CCCN1C(=S)N[C@@H](c2ccc(OCC#N)cc2)C(C(=O)OCCOC)=C1C. The molecule has 1 aliphatic heterocycles. The van der Waals surface area contributed by atoms with E-state index in [0.29, 0.717) is 29.6 Å². The molecule has 1 heterocycles. The molecule has 1 atom stereocenters. The number of methoxy groups -OCH3 is 1. The zero-order valence-electron chi connectivity index (χ0n) is 16.4. The Morgan fingerprint density at radius 1 is 1.32 bits per heavy atom. The van der Waals surface area contributed by atoms with E-state index in [1.54, 1.807) is 19.2 Å². The molecule has 28 heavy (non-hydrogen) atoms. The van der Waals surface area contributed by atoms with E-state index in [-0.39, 0.29) is 13.2 Å². The highest BCUT2D eigenvalue weighted by atomic mass is 32.1. The van der Waals surface area contributed by atoms with Crippen LogP contribution in [0.2, 0.25) is 0 Å². The summed E-state index contributed by atoms with van der Waals surface area (Å²) in [7, 11) is 1.56. The van der Waals surface area contributed by atoms with Crippen molar-refractivity contribution in [2.24, 2.45) is 0 Å². The molecule has 0 unspecified atom stereocenters. The Hall–Kier alpha value is -2.63. The van der Waals surface area contributed by atoms with Gasteiger partial charge in [-0.3, -0.25) is 0 Å². The molecule has 0 amide bonds. The predicted octanol–water partition coefficient (Wildman–Crippen LogP) is 2.69. The lowest BCUT2D eigenvalue weighted by Gasteiger charge is -2.37. The normalized spacial score (nSPS) is 16.4. The molecule has 0 aromatic heterocycles. The number of nitrogens with zero attached hydrogens (tertiary/aromatic N) is 2. The quantitative estimate of drug-likeness (QED) is 0.383. The molecule has 1 aromatic rings. The minimum absolute atomic E-state index is 0.0207. The Balaban J connectivity index is 2.35. The maximum atomic E-state index is 12.8. The molecule has 0 saturated heterocycles. The van der Waals surface area contributed by atoms with Crippen molar-refractivity contribution in [3.63, 3.8) is 0 Å². The Labute approximate surface area is 170 Å². The topological polar surface area (TPSA) is 83.8 Å². The van der Waals surface area contributed by atoms with Gasteiger partial charge in [0.15, 0.2) is 11.7 Å². The van der Waals surface area contributed by atoms with Crippen LogP contribution in [0.25, 0.3) is 0 Å². The molecular weight excluding hydrogens is 378 g/mol. The van der Waals surface area contributed by atoms with Crippen molar-refractivity contribution in [3.05, 3.63) is 41.1 Å². The molecule has 8 heteroatoms. The summed E-state index contributed by atoms with van der Waals surface area (Å²) in [5, 5.41) is 12.5. The highest BCUT2D eigenvalue weighted by molar-refractivity contribution is 7.80. The minimum Gasteiger partial charge on any atom is -0.479 e. The average Bonchev–Trinajstić information content (AvgIpc) is 2.69. The minimum atomic E-state index is -0.430. The highest BCUT2D eigenvalue weighted by Crippen LogP contribution is 2.32. The van der Waals surface area contributed by atoms with E-state index in [0.717, 1.165) is 17.7 Å². The number of nitrogens with one attached hydrogen (secondary N) is 1. The fourth-order valence-corrected chi connectivity index (χ4v) is 3.30. The smallest absolute Gasteiger partial charge is 0.338 e. The average molecular weight is 404 g/mol. The molecule has 0 spiro atoms. The van der Waals surface area contributed by atoms with Gasteiger partial charge >= 0.3 is 5.97 Å². The number of thiocarbonyl (C=S) groups is 1. The molecule has 1 N–H and O–H groups in total. The number of ether oxygens (including phenoxy) is 3. The van der Waals surface area contributed by atoms with Gasteiger partial charge in [0.25, 0.3) is 0 Å². The van der Waals surface area contributed by atoms with E-state index < -0.39 is 12.0 Å². The Morgan fingerprint density at radius 2 is 2.04 bits per heavy atom. The van der Waals surface area contributed by atoms with E-state index >= 15 is 0 Å². The lowest BCUT2D eigenvalue weighted by molar-refractivity contribution is -0.140. The summed E-state index contributed by atoms with van der Waals surface area (Å²) in [4.78, 5) is 14.7. The molecule has 0 fully saturated rings. The van der Waals surface area contributed by atoms with E-state index in [2.05, 4.69) is 12.2 Å². The molecule has 1 aromatic carbocycles. The number of rotatable bonds is 9. The van der Waals surface area contributed by atoms with Crippen LogP contribution in [0.1, 0.15) is 31.9 Å². The molecule has 0 bridgehead atoms. The van der Waals surface area contributed by atoms with E-state index in [4.69, 9.17) is 31.7 Å². The predicted molar refractivity (Wildman–Crippen MR) is 109 cm³/mol. The van der Waals surface area contributed by atoms with Gasteiger partial charge in [0.2, 0.25) is 0 Å². The van der Waals surface area contributed by atoms with Gasteiger partial charge in [-0.1, -0.05) is 19.1 Å². The van der Waals surface area contributed by atoms with Crippen LogP contribution in [-0.2, 0) is 14.3 Å². The number of hydrogen-bond donors (Lipinski definition) is 1. The van der Waals surface area contributed by atoms with E-state index in [9.17, 15) is 4.79 Å². The number of carbonyl (C=O) groups is 1. The lowest BCUT2D eigenvalue weighted by Crippen LogP contribution is -2.48. The van der Waals surface area contributed by atoms with Crippen LogP contribution < -0.4 is 10.1 Å². The number of hydrogen-bond acceptors (Lipinski definition) is 6. The number of allylic oxidation sites excluding steroid dienone is 1. The van der Waals surface area contributed by atoms with E-state index in [1.165, 1.54) is 0 Å². The van der Waals surface area contributed by atoms with Crippen molar-refractivity contribution in [2.75, 3.05) is 33.5 Å². The highest BCUT2D eigenvalue weighted by Gasteiger charge is 2.34. The molecule has 7 nitrogen and oxygen atoms in total. The molecule has 150 valence electrons. The first-order chi connectivity index (χ1) is 13.5. The van der Waals surface area contributed by atoms with Crippen molar-refractivity contribution in [2.45, 2.75) is 26.3 Å². The summed E-state index contributed by atoms with van der Waals surface area (Å²) in [5.41, 5.74) is 2.15. The standard InChI is InChI=1S/C20H25N3O4S/c1-4-10-23-14(2)17(19(24)27-13-12-25-3)18(22-20(23)28)15-5-7-16(8-6-15)26-11-9-21/h5-8,18H,4,10-13H2,1-3H3,(H,22,28)/t18-/m0/s1. The van der Waals surface area contributed by atoms with Crippen LogP contribution >= 0.6 is 12.2 Å². The molecule has 1 aliphatic rings. The summed E-state index contributed by atoms with van der Waals surface area (Å²) in [6.45, 7) is 5.13. The van der Waals surface area contributed by atoms with Gasteiger partial charge in [-0.25, -0.2) is 4.79 Å². The first kappa shape index (κ1) is 21.7. The number of esters is 1. The van der Waals surface area contributed by atoms with Crippen molar-refractivity contribution in [3.8, 4) is 11.8 Å². The zero-order chi connectivity index (χ0) is 20.5. The molecular formula is C20H25N3O4S. The van der Waals surface area contributed by atoms with Gasteiger partial charge in [0.1, 0.15) is 18.4 Å². The van der Waals surface area contributed by atoms with Crippen LogP contribution in [0.3, 0.4) is 0 Å². The van der Waals surface area contributed by atoms with Gasteiger partial charge in [-0.15, -0.1) is 0 Å². The van der Waals surface area contributed by atoms with Gasteiger partial charge < -0.3 is 24.4 Å². The Kier molecular flexibility index (Phi) is 8.23. The summed E-state index contributed by atoms with van der Waals surface area (Å²) in [6.07, 6.45) is 0.890. The first-order valence-electron chi connectivity index (χ1n) is 9.08. The summed E-state index contributed by atoms with van der Waals surface area (Å²) >= 11 is 5.52. The third-order valence-electron chi connectivity index (χ3n) is 4.30. The van der Waals surface area contributed by atoms with Gasteiger partial charge in [0, 0.05) is 19.4 Å². The molecule has 0 saturated carbocycles. The van der Waals surface area contributed by atoms with Crippen LogP contribution in [0.5, 0.6) is 5.75 Å². The Morgan fingerprint density at radius 3 is 2.64 bits per heavy atom. The van der Waals surface area contributed by atoms with Crippen LogP contribution in [0.4, 0.5) is 0 Å². The van der Waals surface area contributed by atoms with Crippen LogP contribution in [-0.4, -0.2) is 49.5 Å². The van der Waals surface area contributed by atoms with Gasteiger partial charge in [-0.05, 0) is 43.3 Å². The fourth-order valence-electron chi connectivity index (χ4n) is 2.96. The number of carbonyl (C=O) groups excluding carboxylic acids is 1. The lowest BCUT2D eigenvalue weighted by atomic mass is 9.95. The van der Waals surface area contributed by atoms with Crippen molar-refractivity contribution >= 4 is 23.3 Å². The van der Waals surface area contributed by atoms with Crippen molar-refractivity contribution < 1.29 is 19.0 Å². The van der Waals surface area contributed by atoms with Crippen LogP contribution in [0, 0.1) is 11.3 Å². The van der Waals surface area contributed by atoms with Crippen LogP contribution in [0.15, 0.2) is 35.5 Å². The maximum absolute atomic E-state index is 12.8. The molecule has 0 radical (unpaired) electrons. The fraction of sp³-hybridized carbons (Fsp3) is 0.450. The summed E-state index contributed by atoms with van der Waals surface area (Å²) in [5.74, 6) is 0.182. The van der Waals surface area contributed by atoms with Crippen molar-refractivity contribution in [1.82, 2.24) is 10.2 Å². The van der Waals surface area contributed by atoms with E-state index in [1.807, 2.05) is 30.0 Å². The maximum Gasteiger partial charge on any atom is 0.338 e. The van der Waals surface area contributed by atoms with Gasteiger partial charge in [0.05, 0.1) is 18.2 Å². The second-order valence-corrected chi connectivity index (χ2v) is 6.56. The largest absolute Gasteiger partial charge is 0.479 e. The molecule has 2 rings (SSSR count).